The summed E-state index contributed by atoms with van der Waals surface area (Å²) >= 11 is 0. The number of carbonyl (C=O) groups is 3. The summed E-state index contributed by atoms with van der Waals surface area (Å²) in [6.07, 6.45) is 2.60. The molecule has 8 heteroatoms. The number of hydrogen-bond donors (Lipinski definition) is 2. The van der Waals surface area contributed by atoms with E-state index in [1.54, 1.807) is 17.0 Å². The van der Waals surface area contributed by atoms with Crippen LogP contribution >= 0.6 is 0 Å². The number of amides is 2. The number of nitrogens with zero attached hydrogens (tertiary/aromatic N) is 1. The van der Waals surface area contributed by atoms with Crippen molar-refractivity contribution in [3.8, 4) is 5.75 Å². The molecule has 1 aliphatic rings. The Morgan fingerprint density at radius 1 is 1.29 bits per heavy atom. The molecular weight excluding hydrogens is 398 g/mol. The van der Waals surface area contributed by atoms with Crippen molar-refractivity contribution in [2.75, 3.05) is 38.2 Å². The Labute approximate surface area is 184 Å². The van der Waals surface area contributed by atoms with E-state index in [9.17, 15) is 14.4 Å². The number of carbonyl (C=O) groups excluding carboxylic acids is 3. The number of anilines is 1. The fourth-order valence-electron chi connectivity index (χ4n) is 3.18. The molecule has 0 bridgehead atoms. The van der Waals surface area contributed by atoms with Crippen LogP contribution < -0.4 is 15.4 Å². The minimum Gasteiger partial charge on any atom is -0.494 e. The molecule has 1 unspecified atom stereocenters. The van der Waals surface area contributed by atoms with Gasteiger partial charge < -0.3 is 20.1 Å². The van der Waals surface area contributed by atoms with E-state index in [2.05, 4.69) is 24.5 Å². The number of esters is 1. The molecule has 0 aromatic heterocycles. The lowest BCUT2D eigenvalue weighted by Crippen LogP contribution is -2.57. The summed E-state index contributed by atoms with van der Waals surface area (Å²) in [5.41, 5.74) is 0.629. The molecule has 0 spiro atoms. The van der Waals surface area contributed by atoms with Crippen molar-refractivity contribution in [1.82, 2.24) is 10.2 Å². The molecule has 0 saturated carbocycles. The average Bonchev–Trinajstić information content (AvgIpc) is 2.71. The van der Waals surface area contributed by atoms with Gasteiger partial charge in [-0.2, -0.15) is 0 Å². The highest BCUT2D eigenvalue weighted by Crippen LogP contribution is 2.18. The van der Waals surface area contributed by atoms with Crippen molar-refractivity contribution in [1.29, 1.82) is 0 Å². The van der Waals surface area contributed by atoms with Crippen molar-refractivity contribution in [3.05, 3.63) is 24.3 Å². The van der Waals surface area contributed by atoms with Gasteiger partial charge in [0.2, 0.25) is 11.8 Å². The van der Waals surface area contributed by atoms with E-state index in [0.29, 0.717) is 43.7 Å². The summed E-state index contributed by atoms with van der Waals surface area (Å²) in [6, 6.07) is 6.54. The minimum atomic E-state index is -0.709. The molecule has 1 atom stereocenters. The number of rotatable bonds is 12. The minimum absolute atomic E-state index is 0.0127. The summed E-state index contributed by atoms with van der Waals surface area (Å²) < 4.78 is 10.9. The van der Waals surface area contributed by atoms with Gasteiger partial charge in [-0.05, 0) is 30.9 Å². The molecule has 1 aliphatic heterocycles. The number of unbranched alkanes of at least 4 members (excludes halogenated alkanes) is 1. The van der Waals surface area contributed by atoms with Crippen LogP contribution in [0.2, 0.25) is 0 Å². The highest BCUT2D eigenvalue weighted by Gasteiger charge is 2.33. The van der Waals surface area contributed by atoms with Crippen molar-refractivity contribution in [3.63, 3.8) is 0 Å². The predicted octanol–water partition coefficient (Wildman–Crippen LogP) is 2.58. The first-order valence-electron chi connectivity index (χ1n) is 11.1. The van der Waals surface area contributed by atoms with E-state index in [1.807, 2.05) is 19.1 Å². The van der Waals surface area contributed by atoms with Crippen LogP contribution in [0.3, 0.4) is 0 Å². The van der Waals surface area contributed by atoms with E-state index in [4.69, 9.17) is 9.47 Å². The molecular formula is C23H35N3O5. The van der Waals surface area contributed by atoms with Crippen molar-refractivity contribution < 1.29 is 23.9 Å². The van der Waals surface area contributed by atoms with Crippen LogP contribution in [-0.2, 0) is 19.1 Å². The van der Waals surface area contributed by atoms with Gasteiger partial charge >= 0.3 is 5.97 Å². The third-order valence-corrected chi connectivity index (χ3v) is 4.99. The van der Waals surface area contributed by atoms with Gasteiger partial charge in [-0.15, -0.1) is 0 Å². The molecule has 2 rings (SSSR count). The first kappa shape index (κ1) is 24.7. The average molecular weight is 434 g/mol. The van der Waals surface area contributed by atoms with Crippen LogP contribution in [0, 0.1) is 5.92 Å². The first-order chi connectivity index (χ1) is 14.9. The van der Waals surface area contributed by atoms with Crippen LogP contribution in [0.4, 0.5) is 5.69 Å². The molecule has 1 fully saturated rings. The number of piperazine rings is 1. The molecule has 2 N–H and O–H groups in total. The molecule has 1 aromatic rings. The first-order valence-corrected chi connectivity index (χ1v) is 11.1. The highest BCUT2D eigenvalue weighted by molar-refractivity contribution is 5.93. The second-order valence-corrected chi connectivity index (χ2v) is 8.16. The molecule has 1 aromatic carbocycles. The Balaban J connectivity index is 1.90. The highest BCUT2D eigenvalue weighted by atomic mass is 16.5. The van der Waals surface area contributed by atoms with Gasteiger partial charge in [0.1, 0.15) is 11.8 Å². The van der Waals surface area contributed by atoms with Gasteiger partial charge in [0.25, 0.3) is 0 Å². The fourth-order valence-corrected chi connectivity index (χ4v) is 3.18. The summed E-state index contributed by atoms with van der Waals surface area (Å²) in [5, 5.41) is 5.61. The number of hydrogen-bond acceptors (Lipinski definition) is 6. The number of nitrogens with one attached hydrogen (secondary N) is 2. The molecule has 0 radical (unpaired) electrons. The van der Waals surface area contributed by atoms with Gasteiger partial charge in [-0.1, -0.05) is 33.3 Å². The summed E-state index contributed by atoms with van der Waals surface area (Å²) in [6.45, 7) is 8.19. The predicted molar refractivity (Wildman–Crippen MR) is 119 cm³/mol. The van der Waals surface area contributed by atoms with Crippen LogP contribution in [0.15, 0.2) is 24.3 Å². The second-order valence-electron chi connectivity index (χ2n) is 8.16. The summed E-state index contributed by atoms with van der Waals surface area (Å²) in [4.78, 5) is 38.7. The fraction of sp³-hybridized carbons (Fsp3) is 0.609. The molecule has 1 heterocycles. The molecule has 31 heavy (non-hydrogen) atoms. The van der Waals surface area contributed by atoms with Gasteiger partial charge in [0.15, 0.2) is 0 Å². The largest absolute Gasteiger partial charge is 0.494 e. The third-order valence-electron chi connectivity index (χ3n) is 4.99. The number of benzene rings is 1. The van der Waals surface area contributed by atoms with E-state index in [0.717, 1.165) is 19.3 Å². The van der Waals surface area contributed by atoms with Gasteiger partial charge in [-0.25, -0.2) is 0 Å². The summed E-state index contributed by atoms with van der Waals surface area (Å²) in [7, 11) is 0. The normalized spacial score (nSPS) is 16.6. The molecule has 1 saturated heterocycles. The van der Waals surface area contributed by atoms with Crippen molar-refractivity contribution in [2.45, 2.75) is 52.5 Å². The molecule has 172 valence electrons. The van der Waals surface area contributed by atoms with Crippen LogP contribution in [-0.4, -0.2) is 61.6 Å². The zero-order valence-electron chi connectivity index (χ0n) is 18.8. The topological polar surface area (TPSA) is 97.0 Å². The van der Waals surface area contributed by atoms with Gasteiger partial charge in [0.05, 0.1) is 26.2 Å². The Kier molecular flexibility index (Phi) is 10.3. The number of ether oxygens (including phenoxy) is 2. The Morgan fingerprint density at radius 3 is 2.84 bits per heavy atom. The molecule has 2 amide bonds. The zero-order chi connectivity index (χ0) is 22.6. The van der Waals surface area contributed by atoms with Gasteiger partial charge in [-0.3, -0.25) is 19.3 Å². The maximum Gasteiger partial charge on any atom is 0.307 e. The molecule has 0 aliphatic carbocycles. The quantitative estimate of drug-likeness (QED) is 0.388. The third kappa shape index (κ3) is 8.96. The van der Waals surface area contributed by atoms with E-state index in [-0.39, 0.29) is 24.8 Å². The van der Waals surface area contributed by atoms with Crippen LogP contribution in [0.5, 0.6) is 5.75 Å². The van der Waals surface area contributed by atoms with Crippen molar-refractivity contribution in [2.24, 2.45) is 5.92 Å². The van der Waals surface area contributed by atoms with E-state index < -0.39 is 12.0 Å². The van der Waals surface area contributed by atoms with E-state index in [1.165, 1.54) is 0 Å². The smallest absolute Gasteiger partial charge is 0.307 e. The Hall–Kier alpha value is -2.61. The maximum absolute atomic E-state index is 12.6. The monoisotopic (exact) mass is 433 g/mol. The standard InChI is InChI=1S/C23H35N3O5/c1-4-5-12-31-22(28)15-20-23(29)24-10-11-26(20)16-21(27)25-18-7-6-8-19(14-18)30-13-9-17(2)3/h6-8,14,17,20H,4-5,9-13,15-16H2,1-3H3,(H,24,29)(H,25,27). The SMILES string of the molecule is CCCCOC(=O)CC1C(=O)NCCN1CC(=O)Nc1cccc(OCCC(C)C)c1. The van der Waals surface area contributed by atoms with Crippen molar-refractivity contribution >= 4 is 23.5 Å². The zero-order valence-corrected chi connectivity index (χ0v) is 18.8. The maximum atomic E-state index is 12.6. The van der Waals surface area contributed by atoms with Gasteiger partial charge in [0, 0.05) is 24.8 Å². The van der Waals surface area contributed by atoms with E-state index >= 15 is 0 Å². The Morgan fingerprint density at radius 2 is 2.10 bits per heavy atom. The van der Waals surface area contributed by atoms with Crippen LogP contribution in [0.1, 0.15) is 46.5 Å². The lowest BCUT2D eigenvalue weighted by Gasteiger charge is -2.33. The molecule has 8 nitrogen and oxygen atoms in total. The van der Waals surface area contributed by atoms with Crippen LogP contribution in [0.25, 0.3) is 0 Å². The summed E-state index contributed by atoms with van der Waals surface area (Å²) in [5.74, 6) is 0.322. The lowest BCUT2D eigenvalue weighted by molar-refractivity contribution is -0.149. The second kappa shape index (κ2) is 12.9. The lowest BCUT2D eigenvalue weighted by atomic mass is 10.1. The Bertz CT molecular complexity index is 738.